The number of aromatic nitrogens is 3. The lowest BCUT2D eigenvalue weighted by molar-refractivity contribution is 0.00578. The van der Waals surface area contributed by atoms with E-state index in [-0.39, 0.29) is 10.8 Å². The van der Waals surface area contributed by atoms with Gasteiger partial charge in [-0.2, -0.15) is 0 Å². The molecule has 1 aliphatic heterocycles. The first kappa shape index (κ1) is 25.8. The molecule has 0 aliphatic carbocycles. The molecule has 1 saturated heterocycles. The van der Waals surface area contributed by atoms with Crippen molar-refractivity contribution in [1.29, 1.82) is 0 Å². The van der Waals surface area contributed by atoms with E-state index in [0.717, 1.165) is 49.8 Å². The molecule has 0 bridgehead atoms. The van der Waals surface area contributed by atoms with Crippen LogP contribution >= 0.6 is 0 Å². The molecule has 1 aromatic carbocycles. The summed E-state index contributed by atoms with van der Waals surface area (Å²) in [6, 6.07) is 12.9. The average molecular weight is 495 g/mol. The van der Waals surface area contributed by atoms with Gasteiger partial charge in [0.1, 0.15) is 0 Å². The number of fused-ring (bicyclic) bond motifs is 3. The van der Waals surface area contributed by atoms with E-state index in [1.807, 2.05) is 12.4 Å². The lowest BCUT2D eigenvalue weighted by atomic mass is 9.79. The van der Waals surface area contributed by atoms with Crippen LogP contribution < -0.4 is 5.46 Å². The molecule has 6 heteroatoms. The highest BCUT2D eigenvalue weighted by Crippen LogP contribution is 2.38. The van der Waals surface area contributed by atoms with Crippen molar-refractivity contribution >= 4 is 34.4 Å². The summed E-state index contributed by atoms with van der Waals surface area (Å²) < 4.78 is 12.6. The van der Waals surface area contributed by atoms with Gasteiger partial charge in [0.15, 0.2) is 0 Å². The Morgan fingerprint density at radius 1 is 0.703 bits per heavy atom. The van der Waals surface area contributed by atoms with Gasteiger partial charge in [0, 0.05) is 56.4 Å². The van der Waals surface area contributed by atoms with Gasteiger partial charge in [-0.05, 0) is 45.4 Å². The molecule has 5 rings (SSSR count). The first-order valence-corrected chi connectivity index (χ1v) is 13.1. The number of nitrogens with zero attached hydrogens (tertiary/aromatic N) is 3. The van der Waals surface area contributed by atoms with Gasteiger partial charge in [-0.25, -0.2) is 9.97 Å². The maximum absolute atomic E-state index is 6.32. The second kappa shape index (κ2) is 8.34. The van der Waals surface area contributed by atoms with Crippen LogP contribution in [0, 0.1) is 0 Å². The smallest absolute Gasteiger partial charge is 0.399 e. The molecule has 192 valence electrons. The van der Waals surface area contributed by atoms with E-state index in [0.29, 0.717) is 0 Å². The fourth-order valence-corrected chi connectivity index (χ4v) is 4.63. The highest BCUT2D eigenvalue weighted by molar-refractivity contribution is 6.62. The van der Waals surface area contributed by atoms with Gasteiger partial charge in [-0.1, -0.05) is 65.8 Å². The van der Waals surface area contributed by atoms with Crippen molar-refractivity contribution in [2.24, 2.45) is 0 Å². The molecule has 1 aliphatic rings. The maximum Gasteiger partial charge on any atom is 0.496 e. The largest absolute Gasteiger partial charge is 0.496 e. The molecule has 0 unspecified atom stereocenters. The third kappa shape index (κ3) is 4.55. The third-order valence-corrected chi connectivity index (χ3v) is 7.77. The zero-order valence-corrected chi connectivity index (χ0v) is 23.9. The number of benzene rings is 1. The Morgan fingerprint density at radius 3 is 1.92 bits per heavy atom. The van der Waals surface area contributed by atoms with E-state index in [1.165, 1.54) is 0 Å². The summed E-state index contributed by atoms with van der Waals surface area (Å²) in [6.07, 6.45) is 3.76. The Kier molecular flexibility index (Phi) is 5.82. The molecular weight excluding hydrogens is 457 g/mol. The molecule has 0 atom stereocenters. The summed E-state index contributed by atoms with van der Waals surface area (Å²) in [6.45, 7) is 21.5. The summed E-state index contributed by atoms with van der Waals surface area (Å²) in [5, 5.41) is 2.15. The Hall–Kier alpha value is -2.83. The Bertz CT molecular complexity index is 1500. The normalized spacial score (nSPS) is 17.6. The van der Waals surface area contributed by atoms with Crippen LogP contribution in [0.1, 0.15) is 80.6 Å². The van der Waals surface area contributed by atoms with Crippen LogP contribution in [0.15, 0.2) is 48.8 Å². The van der Waals surface area contributed by atoms with Crippen LogP contribution in [-0.4, -0.2) is 33.3 Å². The van der Waals surface area contributed by atoms with Gasteiger partial charge in [-0.15, -0.1) is 0 Å². The van der Waals surface area contributed by atoms with E-state index in [1.54, 1.807) is 0 Å². The minimum absolute atomic E-state index is 0.0537. The Balaban J connectivity index is 1.73. The second-order valence-electron chi connectivity index (χ2n) is 13.4. The van der Waals surface area contributed by atoms with Crippen molar-refractivity contribution in [2.45, 2.75) is 91.3 Å². The van der Waals surface area contributed by atoms with Crippen molar-refractivity contribution < 1.29 is 9.31 Å². The minimum Gasteiger partial charge on any atom is -0.399 e. The van der Waals surface area contributed by atoms with Crippen LogP contribution in [-0.2, 0) is 20.1 Å². The van der Waals surface area contributed by atoms with Crippen molar-refractivity contribution in [3.05, 3.63) is 60.2 Å². The van der Waals surface area contributed by atoms with E-state index in [4.69, 9.17) is 19.3 Å². The SMILES string of the molecule is CC(C)(C)c1ccc2ccc3c(-c4cncc(B5OC(C)(C)C(C)(C)O5)c4)cc(C(C)(C)C)nc3c2n1. The van der Waals surface area contributed by atoms with Crippen LogP contribution in [0.3, 0.4) is 0 Å². The summed E-state index contributed by atoms with van der Waals surface area (Å²) in [4.78, 5) is 14.9. The van der Waals surface area contributed by atoms with Gasteiger partial charge >= 0.3 is 7.12 Å². The molecule has 37 heavy (non-hydrogen) atoms. The van der Waals surface area contributed by atoms with Crippen molar-refractivity contribution in [3.63, 3.8) is 0 Å². The van der Waals surface area contributed by atoms with Gasteiger partial charge in [0.2, 0.25) is 0 Å². The fourth-order valence-electron chi connectivity index (χ4n) is 4.63. The molecule has 3 aromatic heterocycles. The molecule has 4 heterocycles. The zero-order chi connectivity index (χ0) is 27.0. The van der Waals surface area contributed by atoms with Gasteiger partial charge in [0.05, 0.1) is 22.2 Å². The molecular formula is C31H38BN3O2. The lowest BCUT2D eigenvalue weighted by Gasteiger charge is -2.32. The van der Waals surface area contributed by atoms with Crippen LogP contribution in [0.4, 0.5) is 0 Å². The topological polar surface area (TPSA) is 57.1 Å². The van der Waals surface area contributed by atoms with Gasteiger partial charge in [0.25, 0.3) is 0 Å². The van der Waals surface area contributed by atoms with E-state index in [9.17, 15) is 0 Å². The summed E-state index contributed by atoms with van der Waals surface area (Å²) in [7, 11) is -0.468. The first-order valence-electron chi connectivity index (χ1n) is 13.1. The zero-order valence-electron chi connectivity index (χ0n) is 23.9. The maximum atomic E-state index is 6.32. The lowest BCUT2D eigenvalue weighted by Crippen LogP contribution is -2.41. The third-order valence-electron chi connectivity index (χ3n) is 7.77. The predicted octanol–water partition coefficient (Wildman–Crippen LogP) is 6.74. The Morgan fingerprint density at radius 2 is 1.30 bits per heavy atom. The van der Waals surface area contributed by atoms with Crippen LogP contribution in [0.2, 0.25) is 0 Å². The molecule has 0 saturated carbocycles. The number of pyridine rings is 3. The van der Waals surface area contributed by atoms with Crippen molar-refractivity contribution in [3.8, 4) is 11.1 Å². The number of rotatable bonds is 2. The minimum atomic E-state index is -0.468. The quantitative estimate of drug-likeness (QED) is 0.228. The average Bonchev–Trinajstić information content (AvgIpc) is 3.03. The monoisotopic (exact) mass is 495 g/mol. The number of hydrogen-bond donors (Lipinski definition) is 0. The molecule has 0 N–H and O–H groups in total. The van der Waals surface area contributed by atoms with Crippen molar-refractivity contribution in [1.82, 2.24) is 15.0 Å². The van der Waals surface area contributed by atoms with Crippen molar-refractivity contribution in [2.75, 3.05) is 0 Å². The summed E-state index contributed by atoms with van der Waals surface area (Å²) >= 11 is 0. The second-order valence-corrected chi connectivity index (χ2v) is 13.4. The highest BCUT2D eigenvalue weighted by atomic mass is 16.7. The predicted molar refractivity (Wildman–Crippen MR) is 153 cm³/mol. The molecule has 0 amide bonds. The van der Waals surface area contributed by atoms with Gasteiger partial charge in [-0.3, -0.25) is 4.98 Å². The molecule has 4 aromatic rings. The molecule has 1 fully saturated rings. The summed E-state index contributed by atoms with van der Waals surface area (Å²) in [5.41, 5.74) is 5.94. The molecule has 0 radical (unpaired) electrons. The first-order chi connectivity index (χ1) is 17.1. The van der Waals surface area contributed by atoms with Gasteiger partial charge < -0.3 is 9.31 Å². The number of hydrogen-bond acceptors (Lipinski definition) is 5. The summed E-state index contributed by atoms with van der Waals surface area (Å²) in [5.74, 6) is 0. The van der Waals surface area contributed by atoms with E-state index < -0.39 is 18.3 Å². The molecule has 0 spiro atoms. The highest BCUT2D eigenvalue weighted by Gasteiger charge is 2.51. The standard InChI is InChI=1S/C31H38BN3O2/c1-28(2,3)24-14-12-19-11-13-22-23(16-25(29(4,5)6)35-27(22)26(19)34-24)20-15-21(18-33-17-20)32-36-30(7,8)31(9,10)37-32/h11-18H,1-10H3. The van der Waals surface area contributed by atoms with E-state index in [2.05, 4.69) is 111 Å². The molecule has 5 nitrogen and oxygen atoms in total. The van der Waals surface area contributed by atoms with Crippen LogP contribution in [0.25, 0.3) is 32.9 Å². The fraction of sp³-hybridized carbons (Fsp3) is 0.452. The van der Waals surface area contributed by atoms with E-state index >= 15 is 0 Å². The Labute approximate surface area is 221 Å². The van der Waals surface area contributed by atoms with Crippen LogP contribution in [0.5, 0.6) is 0 Å².